The van der Waals surface area contributed by atoms with Crippen LogP contribution in [0.25, 0.3) is 16.8 Å². The molecular formula is C26H32N6O4. The van der Waals surface area contributed by atoms with Crippen LogP contribution < -0.4 is 10.2 Å². The lowest BCUT2D eigenvalue weighted by Crippen LogP contribution is -2.46. The minimum atomic E-state index is -1.34. The van der Waals surface area contributed by atoms with E-state index in [1.165, 1.54) is 0 Å². The fraction of sp³-hybridized carbons (Fsp3) is 0.462. The molecule has 1 saturated carbocycles. The maximum Gasteiger partial charge on any atom is 0.408 e. The van der Waals surface area contributed by atoms with E-state index in [2.05, 4.69) is 27.1 Å². The normalized spacial score (nSPS) is 22.4. The van der Waals surface area contributed by atoms with Gasteiger partial charge in [0.05, 0.1) is 0 Å². The summed E-state index contributed by atoms with van der Waals surface area (Å²) < 4.78 is 7.08. The predicted molar refractivity (Wildman–Crippen MR) is 135 cm³/mol. The summed E-state index contributed by atoms with van der Waals surface area (Å²) in [6.45, 7) is 9.02. The van der Waals surface area contributed by atoms with Crippen molar-refractivity contribution in [3.05, 3.63) is 48.2 Å². The number of likely N-dealkylation sites (N-methyl/N-ethyl adjacent to an activating group) is 1. The number of anilines is 1. The number of fused-ring (bicyclic) bond motifs is 1. The van der Waals surface area contributed by atoms with Crippen LogP contribution in [0.3, 0.4) is 0 Å². The van der Waals surface area contributed by atoms with Gasteiger partial charge in [-0.05, 0) is 57.5 Å². The number of carboxylic acid groups (broad SMARTS) is 1. The maximum atomic E-state index is 12.2. The third-order valence-corrected chi connectivity index (χ3v) is 6.82. The van der Waals surface area contributed by atoms with E-state index in [4.69, 9.17) is 9.84 Å². The summed E-state index contributed by atoms with van der Waals surface area (Å²) in [5.74, 6) is -0.637. The first-order chi connectivity index (χ1) is 17.0. The Morgan fingerprint density at radius 2 is 1.72 bits per heavy atom. The van der Waals surface area contributed by atoms with Crippen molar-refractivity contribution in [3.63, 3.8) is 0 Å². The molecule has 5 rings (SSSR count). The molecule has 1 saturated heterocycles. The second-order valence-electron chi connectivity index (χ2n) is 10.7. The van der Waals surface area contributed by atoms with Gasteiger partial charge in [-0.25, -0.2) is 14.1 Å². The largest absolute Gasteiger partial charge is 0.479 e. The van der Waals surface area contributed by atoms with Crippen LogP contribution in [0.1, 0.15) is 38.7 Å². The van der Waals surface area contributed by atoms with E-state index >= 15 is 0 Å². The topological polar surface area (TPSA) is 112 Å². The second-order valence-corrected chi connectivity index (χ2v) is 10.7. The summed E-state index contributed by atoms with van der Waals surface area (Å²) in [7, 11) is 2.12. The van der Waals surface area contributed by atoms with Crippen LogP contribution in [-0.2, 0) is 9.53 Å². The molecule has 3 heterocycles. The van der Waals surface area contributed by atoms with Crippen molar-refractivity contribution in [2.24, 2.45) is 0 Å². The quantitative estimate of drug-likeness (QED) is 0.559. The molecule has 0 spiro atoms. The molecule has 1 aliphatic heterocycles. The van der Waals surface area contributed by atoms with E-state index < -0.39 is 23.2 Å². The van der Waals surface area contributed by atoms with E-state index in [9.17, 15) is 14.7 Å². The molecule has 2 N–H and O–H groups in total. The molecule has 2 fully saturated rings. The van der Waals surface area contributed by atoms with Crippen LogP contribution in [0.4, 0.5) is 10.7 Å². The van der Waals surface area contributed by atoms with E-state index in [1.807, 2.05) is 42.6 Å². The molecule has 1 aliphatic carbocycles. The number of hydrogen-bond donors (Lipinski definition) is 2. The van der Waals surface area contributed by atoms with Crippen LogP contribution in [0.5, 0.6) is 0 Å². The molecule has 1 amide bonds. The van der Waals surface area contributed by atoms with Gasteiger partial charge in [0.2, 0.25) is 5.95 Å². The summed E-state index contributed by atoms with van der Waals surface area (Å²) in [6, 6.07) is 11.7. The number of nitrogens with one attached hydrogen (secondary N) is 1. The van der Waals surface area contributed by atoms with E-state index in [0.29, 0.717) is 6.42 Å². The number of nitrogens with zero attached hydrogens (tertiary/aromatic N) is 5. The summed E-state index contributed by atoms with van der Waals surface area (Å²) in [4.78, 5) is 33.4. The minimum Gasteiger partial charge on any atom is -0.479 e. The highest BCUT2D eigenvalue weighted by molar-refractivity contribution is 5.90. The fourth-order valence-corrected chi connectivity index (χ4v) is 4.67. The van der Waals surface area contributed by atoms with Gasteiger partial charge in [0.25, 0.3) is 0 Å². The Bertz CT molecular complexity index is 1290. The van der Waals surface area contributed by atoms with E-state index in [1.54, 1.807) is 25.3 Å². The molecule has 190 valence electrons. The highest BCUT2D eigenvalue weighted by atomic mass is 16.6. The molecule has 0 radical (unpaired) electrons. The summed E-state index contributed by atoms with van der Waals surface area (Å²) in [6.07, 6.45) is 1.56. The Morgan fingerprint density at radius 1 is 1.06 bits per heavy atom. The van der Waals surface area contributed by atoms with Crippen molar-refractivity contribution in [2.45, 2.75) is 44.2 Å². The molecule has 2 atom stereocenters. The Labute approximate surface area is 209 Å². The molecule has 2 aromatic heterocycles. The highest BCUT2D eigenvalue weighted by Crippen LogP contribution is 2.52. The van der Waals surface area contributed by atoms with Gasteiger partial charge < -0.3 is 25.0 Å². The number of alkyl carbamates (subject to hydrolysis) is 1. The molecule has 2 aliphatic rings. The number of amides is 1. The zero-order chi connectivity index (χ0) is 25.7. The number of carbonyl (C=O) groups excluding carboxylic acids is 1. The smallest absolute Gasteiger partial charge is 0.408 e. The van der Waals surface area contributed by atoms with Crippen molar-refractivity contribution >= 4 is 23.7 Å². The van der Waals surface area contributed by atoms with Gasteiger partial charge in [0, 0.05) is 43.9 Å². The van der Waals surface area contributed by atoms with Crippen molar-refractivity contribution in [1.82, 2.24) is 24.8 Å². The Morgan fingerprint density at radius 3 is 2.36 bits per heavy atom. The lowest BCUT2D eigenvalue weighted by molar-refractivity contribution is -0.140. The fourth-order valence-electron chi connectivity index (χ4n) is 4.67. The van der Waals surface area contributed by atoms with Gasteiger partial charge in [-0.2, -0.15) is 4.98 Å². The number of hydrogen-bond acceptors (Lipinski definition) is 7. The van der Waals surface area contributed by atoms with Crippen molar-refractivity contribution in [2.75, 3.05) is 38.1 Å². The lowest BCUT2D eigenvalue weighted by Gasteiger charge is -2.31. The van der Waals surface area contributed by atoms with Crippen LogP contribution in [0, 0.1) is 0 Å². The lowest BCUT2D eigenvalue weighted by atomic mass is 10.0. The van der Waals surface area contributed by atoms with Crippen LogP contribution in [0.2, 0.25) is 0 Å². The zero-order valence-electron chi connectivity index (χ0n) is 21.1. The van der Waals surface area contributed by atoms with Gasteiger partial charge >= 0.3 is 12.1 Å². The van der Waals surface area contributed by atoms with E-state index in [0.717, 1.165) is 54.5 Å². The molecule has 36 heavy (non-hydrogen) atoms. The standard InChI is InChI=1S/C26H32N6O4/c1-25(2,3)36-24(35)28-26(22(33)34)15-20(26)18-7-5-17(6-8-18)19-9-10-21-27-23(29-32(21)16-19)31-13-11-30(4)12-14-31/h5-10,16,20H,11-15H2,1-4H3,(H,28,35)(H,33,34). The van der Waals surface area contributed by atoms with E-state index in [-0.39, 0.29) is 5.92 Å². The number of benzene rings is 1. The minimum absolute atomic E-state index is 0.319. The molecule has 10 heteroatoms. The first-order valence-electron chi connectivity index (χ1n) is 12.2. The molecular weight excluding hydrogens is 460 g/mol. The number of carboxylic acids is 1. The molecule has 0 bridgehead atoms. The SMILES string of the molecule is CN1CCN(c2nc3ccc(-c4ccc(C5CC5(NC(=O)OC(C)(C)C)C(=O)O)cc4)cn3n2)CC1. The number of ether oxygens (including phenoxy) is 1. The van der Waals surface area contributed by atoms with Crippen molar-refractivity contribution < 1.29 is 19.4 Å². The second kappa shape index (κ2) is 8.77. The number of aliphatic carboxylic acids is 1. The third-order valence-electron chi connectivity index (χ3n) is 6.82. The molecule has 3 aromatic rings. The average molecular weight is 493 g/mol. The summed E-state index contributed by atoms with van der Waals surface area (Å²) in [5, 5.41) is 17.1. The summed E-state index contributed by atoms with van der Waals surface area (Å²) >= 11 is 0. The van der Waals surface area contributed by atoms with Crippen LogP contribution in [-0.4, -0.2) is 81.0 Å². The number of rotatable bonds is 5. The van der Waals surface area contributed by atoms with Gasteiger partial charge in [-0.3, -0.25) is 0 Å². The van der Waals surface area contributed by atoms with Crippen molar-refractivity contribution in [3.8, 4) is 11.1 Å². The average Bonchev–Trinajstić information content (AvgIpc) is 3.38. The first-order valence-corrected chi connectivity index (χ1v) is 12.2. The van der Waals surface area contributed by atoms with Crippen LogP contribution in [0.15, 0.2) is 42.6 Å². The number of pyridine rings is 1. The van der Waals surface area contributed by atoms with Gasteiger partial charge in [0.15, 0.2) is 5.65 Å². The third kappa shape index (κ3) is 4.73. The predicted octanol–water partition coefficient (Wildman–Crippen LogP) is 2.98. The van der Waals surface area contributed by atoms with Gasteiger partial charge in [0.1, 0.15) is 11.1 Å². The number of piperazine rings is 1. The number of carbonyl (C=O) groups is 2. The molecule has 2 unspecified atom stereocenters. The van der Waals surface area contributed by atoms with Gasteiger partial charge in [-0.15, -0.1) is 5.10 Å². The first kappa shape index (κ1) is 24.1. The Balaban J connectivity index is 1.31. The molecule has 10 nitrogen and oxygen atoms in total. The number of aromatic nitrogens is 3. The van der Waals surface area contributed by atoms with Gasteiger partial charge in [-0.1, -0.05) is 24.3 Å². The Kier molecular flexibility index (Phi) is 5.86. The van der Waals surface area contributed by atoms with Crippen LogP contribution >= 0.6 is 0 Å². The maximum absolute atomic E-state index is 12.2. The monoisotopic (exact) mass is 492 g/mol. The zero-order valence-corrected chi connectivity index (χ0v) is 21.1. The highest BCUT2D eigenvalue weighted by Gasteiger charge is 2.62. The Hall–Kier alpha value is -3.66. The summed E-state index contributed by atoms with van der Waals surface area (Å²) in [5.41, 5.74) is 1.57. The van der Waals surface area contributed by atoms with Crippen molar-refractivity contribution in [1.29, 1.82) is 0 Å². The molecule has 1 aromatic carbocycles.